The lowest BCUT2D eigenvalue weighted by atomic mass is 10.2. The molecular formula is C13H19NS. The van der Waals surface area contributed by atoms with Gasteiger partial charge in [0.25, 0.3) is 0 Å². The molecule has 82 valence electrons. The fourth-order valence-electron chi connectivity index (χ4n) is 2.05. The van der Waals surface area contributed by atoms with Gasteiger partial charge in [-0.1, -0.05) is 17.7 Å². The summed E-state index contributed by atoms with van der Waals surface area (Å²) in [4.78, 5) is 1.44. The van der Waals surface area contributed by atoms with Crippen LogP contribution in [-0.2, 0) is 0 Å². The summed E-state index contributed by atoms with van der Waals surface area (Å²) < 4.78 is 0. The second kappa shape index (κ2) is 5.04. The molecule has 0 amide bonds. The number of hydrogen-bond donors (Lipinski definition) is 1. The van der Waals surface area contributed by atoms with Crippen LogP contribution in [-0.4, -0.2) is 18.3 Å². The monoisotopic (exact) mass is 221 g/mol. The first kappa shape index (κ1) is 11.0. The number of nitrogens with one attached hydrogen (secondary N) is 1. The summed E-state index contributed by atoms with van der Waals surface area (Å²) >= 11 is 1.99. The van der Waals surface area contributed by atoms with Gasteiger partial charge in [-0.15, -0.1) is 11.8 Å². The second-order valence-electron chi connectivity index (χ2n) is 4.37. The lowest BCUT2D eigenvalue weighted by Gasteiger charge is -2.11. The molecule has 1 aliphatic rings. The average molecular weight is 221 g/mol. The molecule has 0 unspecified atom stereocenters. The molecule has 2 heteroatoms. The summed E-state index contributed by atoms with van der Waals surface area (Å²) in [6, 6.07) is 7.46. The molecule has 0 aliphatic carbocycles. The molecule has 1 aliphatic heterocycles. The molecular weight excluding hydrogens is 202 g/mol. The summed E-state index contributed by atoms with van der Waals surface area (Å²) in [6.07, 6.45) is 2.69. The largest absolute Gasteiger partial charge is 0.313 e. The van der Waals surface area contributed by atoms with E-state index in [-0.39, 0.29) is 0 Å². The Kier molecular flexibility index (Phi) is 3.71. The molecule has 2 rings (SSSR count). The molecule has 1 heterocycles. The molecule has 1 aromatic rings. The van der Waals surface area contributed by atoms with E-state index in [0.29, 0.717) is 0 Å². The van der Waals surface area contributed by atoms with Crippen LogP contribution >= 0.6 is 11.8 Å². The Morgan fingerprint density at radius 2 is 2.27 bits per heavy atom. The summed E-state index contributed by atoms with van der Waals surface area (Å²) in [6.45, 7) is 5.56. The second-order valence-corrected chi connectivity index (χ2v) is 5.44. The zero-order valence-electron chi connectivity index (χ0n) is 9.55. The van der Waals surface area contributed by atoms with Gasteiger partial charge in [0.05, 0.1) is 0 Å². The maximum Gasteiger partial charge on any atom is 0.0162 e. The average Bonchev–Trinajstić information content (AvgIpc) is 2.69. The highest BCUT2D eigenvalue weighted by atomic mass is 32.2. The van der Waals surface area contributed by atoms with Crippen LogP contribution in [0.5, 0.6) is 0 Å². The third-order valence-corrected chi connectivity index (χ3v) is 4.27. The van der Waals surface area contributed by atoms with Crippen molar-refractivity contribution in [2.24, 2.45) is 0 Å². The van der Waals surface area contributed by atoms with Crippen LogP contribution in [0.25, 0.3) is 0 Å². The van der Waals surface area contributed by atoms with Gasteiger partial charge in [0, 0.05) is 16.7 Å². The lowest BCUT2D eigenvalue weighted by Crippen LogP contribution is -2.23. The van der Waals surface area contributed by atoms with Gasteiger partial charge in [-0.25, -0.2) is 0 Å². The van der Waals surface area contributed by atoms with Crippen molar-refractivity contribution in [1.29, 1.82) is 0 Å². The van der Waals surface area contributed by atoms with E-state index in [0.717, 1.165) is 6.04 Å². The molecule has 1 atom stereocenters. The number of hydrogen-bond acceptors (Lipinski definition) is 2. The van der Waals surface area contributed by atoms with Crippen molar-refractivity contribution in [3.8, 4) is 0 Å². The first-order valence-electron chi connectivity index (χ1n) is 5.69. The van der Waals surface area contributed by atoms with Gasteiger partial charge in [-0.3, -0.25) is 0 Å². The molecule has 0 bridgehead atoms. The number of rotatable bonds is 3. The topological polar surface area (TPSA) is 12.0 Å². The van der Waals surface area contributed by atoms with Crippen molar-refractivity contribution >= 4 is 11.8 Å². The Morgan fingerprint density at radius 3 is 2.93 bits per heavy atom. The molecule has 0 aromatic heterocycles. The highest BCUT2D eigenvalue weighted by molar-refractivity contribution is 7.99. The van der Waals surface area contributed by atoms with Gasteiger partial charge >= 0.3 is 0 Å². The maximum atomic E-state index is 3.54. The molecule has 1 N–H and O–H groups in total. The first-order valence-corrected chi connectivity index (χ1v) is 6.68. The van der Waals surface area contributed by atoms with E-state index in [1.807, 2.05) is 11.8 Å². The van der Waals surface area contributed by atoms with E-state index < -0.39 is 0 Å². The molecule has 0 saturated carbocycles. The normalized spacial score (nSPS) is 20.8. The van der Waals surface area contributed by atoms with Crippen LogP contribution in [0.4, 0.5) is 0 Å². The Hall–Kier alpha value is -0.470. The third-order valence-electron chi connectivity index (χ3n) is 2.93. The van der Waals surface area contributed by atoms with E-state index in [4.69, 9.17) is 0 Å². The van der Waals surface area contributed by atoms with Crippen molar-refractivity contribution in [3.63, 3.8) is 0 Å². The van der Waals surface area contributed by atoms with Gasteiger partial charge < -0.3 is 5.32 Å². The van der Waals surface area contributed by atoms with Crippen LogP contribution in [0.2, 0.25) is 0 Å². The van der Waals surface area contributed by atoms with Gasteiger partial charge in [-0.05, 0) is 44.9 Å². The predicted octanol–water partition coefficient (Wildman–Crippen LogP) is 3.15. The summed E-state index contributed by atoms with van der Waals surface area (Å²) in [5.41, 5.74) is 2.77. The van der Waals surface area contributed by atoms with Crippen LogP contribution < -0.4 is 5.32 Å². The van der Waals surface area contributed by atoms with Crippen molar-refractivity contribution < 1.29 is 0 Å². The molecule has 15 heavy (non-hydrogen) atoms. The van der Waals surface area contributed by atoms with Crippen molar-refractivity contribution in [1.82, 2.24) is 5.32 Å². The summed E-state index contributed by atoms with van der Waals surface area (Å²) in [7, 11) is 0. The van der Waals surface area contributed by atoms with Crippen LogP contribution in [0.3, 0.4) is 0 Å². The lowest BCUT2D eigenvalue weighted by molar-refractivity contribution is 0.674. The minimum Gasteiger partial charge on any atom is -0.313 e. The zero-order chi connectivity index (χ0) is 10.7. The Balaban J connectivity index is 1.92. The molecule has 1 aromatic carbocycles. The first-order chi connectivity index (χ1) is 7.25. The highest BCUT2D eigenvalue weighted by Crippen LogP contribution is 2.25. The fourth-order valence-corrected chi connectivity index (χ4v) is 3.17. The van der Waals surface area contributed by atoms with E-state index in [1.165, 1.54) is 41.2 Å². The molecule has 1 fully saturated rings. The third kappa shape index (κ3) is 2.99. The summed E-state index contributed by atoms with van der Waals surface area (Å²) in [5.74, 6) is 1.21. The SMILES string of the molecule is Cc1ccc(SC[C@@H]2CCCN2)c(C)c1. The molecule has 1 saturated heterocycles. The van der Waals surface area contributed by atoms with Gasteiger partial charge in [0.2, 0.25) is 0 Å². The van der Waals surface area contributed by atoms with Crippen molar-refractivity contribution in [2.75, 3.05) is 12.3 Å². The van der Waals surface area contributed by atoms with E-state index >= 15 is 0 Å². The van der Waals surface area contributed by atoms with E-state index in [9.17, 15) is 0 Å². The van der Waals surface area contributed by atoms with Crippen LogP contribution in [0.1, 0.15) is 24.0 Å². The summed E-state index contributed by atoms with van der Waals surface area (Å²) in [5, 5.41) is 3.54. The predicted molar refractivity (Wildman–Crippen MR) is 67.7 cm³/mol. The van der Waals surface area contributed by atoms with Gasteiger partial charge in [0.1, 0.15) is 0 Å². The van der Waals surface area contributed by atoms with Crippen molar-refractivity contribution in [3.05, 3.63) is 29.3 Å². The zero-order valence-corrected chi connectivity index (χ0v) is 10.4. The molecule has 0 spiro atoms. The Labute approximate surface area is 96.7 Å². The van der Waals surface area contributed by atoms with Gasteiger partial charge in [0.15, 0.2) is 0 Å². The number of aryl methyl sites for hydroxylation is 2. The van der Waals surface area contributed by atoms with Crippen molar-refractivity contribution in [2.45, 2.75) is 37.6 Å². The smallest absolute Gasteiger partial charge is 0.0162 e. The maximum absolute atomic E-state index is 3.54. The Morgan fingerprint density at radius 1 is 1.40 bits per heavy atom. The van der Waals surface area contributed by atoms with E-state index in [1.54, 1.807) is 0 Å². The number of benzene rings is 1. The minimum atomic E-state index is 0.732. The quantitative estimate of drug-likeness (QED) is 0.787. The number of thioether (sulfide) groups is 1. The van der Waals surface area contributed by atoms with E-state index in [2.05, 4.69) is 37.4 Å². The minimum absolute atomic E-state index is 0.732. The molecule has 0 radical (unpaired) electrons. The fraction of sp³-hybridized carbons (Fsp3) is 0.538. The van der Waals surface area contributed by atoms with Crippen LogP contribution in [0, 0.1) is 13.8 Å². The van der Waals surface area contributed by atoms with Gasteiger partial charge in [-0.2, -0.15) is 0 Å². The highest BCUT2D eigenvalue weighted by Gasteiger charge is 2.14. The molecule has 1 nitrogen and oxygen atoms in total. The Bertz CT molecular complexity index is 329. The standard InChI is InChI=1S/C13H19NS/c1-10-5-6-13(11(2)8-10)15-9-12-4-3-7-14-12/h5-6,8,12,14H,3-4,7,9H2,1-2H3/t12-/m0/s1. The van der Waals surface area contributed by atoms with Crippen LogP contribution in [0.15, 0.2) is 23.1 Å².